The van der Waals surface area contributed by atoms with Crippen molar-refractivity contribution in [3.8, 4) is 11.6 Å². The third kappa shape index (κ3) is 7.59. The van der Waals surface area contributed by atoms with Gasteiger partial charge < -0.3 is 19.3 Å². The molecule has 222 valence electrons. The highest BCUT2D eigenvalue weighted by Crippen LogP contribution is 2.29. The van der Waals surface area contributed by atoms with E-state index in [-0.39, 0.29) is 24.6 Å². The fraction of sp³-hybridized carbons (Fsp3) is 0.333. The van der Waals surface area contributed by atoms with Gasteiger partial charge in [0.1, 0.15) is 18.0 Å². The summed E-state index contributed by atoms with van der Waals surface area (Å²) in [6, 6.07) is 18.1. The first-order chi connectivity index (χ1) is 19.9. The number of methoxy groups -OCH3 is 1. The number of aromatic nitrogens is 2. The number of hydrogen-bond donors (Lipinski definition) is 1. The molecule has 0 spiro atoms. The average molecular weight is 581 g/mol. The van der Waals surface area contributed by atoms with E-state index in [0.717, 1.165) is 22.4 Å². The Labute approximate surface area is 242 Å². The third-order valence-corrected chi connectivity index (χ3v) is 6.29. The molecule has 1 aromatic heterocycles. The van der Waals surface area contributed by atoms with Crippen molar-refractivity contribution in [2.24, 2.45) is 0 Å². The van der Waals surface area contributed by atoms with Gasteiger partial charge in [-0.2, -0.15) is 9.07 Å². The van der Waals surface area contributed by atoms with Crippen LogP contribution in [0.5, 0.6) is 11.6 Å². The minimum absolute atomic E-state index is 0.114. The van der Waals surface area contributed by atoms with Crippen LogP contribution >= 0.6 is 0 Å². The number of fused-ring (bicyclic) bond motifs is 1. The molecule has 4 rings (SSSR count). The van der Waals surface area contributed by atoms with Gasteiger partial charge in [-0.25, -0.2) is 4.79 Å². The number of nitro groups is 1. The Morgan fingerprint density at radius 3 is 2.55 bits per heavy atom. The van der Waals surface area contributed by atoms with E-state index in [2.05, 4.69) is 5.10 Å². The number of ether oxygens (including phenoxy) is 3. The lowest BCUT2D eigenvalue weighted by Gasteiger charge is -2.25. The second-order valence-corrected chi connectivity index (χ2v) is 10.6. The molecule has 0 aliphatic heterocycles. The number of benzene rings is 3. The summed E-state index contributed by atoms with van der Waals surface area (Å²) in [5.74, 6) is -0.219. The van der Waals surface area contributed by atoms with Crippen LogP contribution in [-0.2, 0) is 11.3 Å². The smallest absolute Gasteiger partial charge is 0.435 e. The zero-order valence-corrected chi connectivity index (χ0v) is 23.8. The van der Waals surface area contributed by atoms with Crippen LogP contribution in [0.2, 0.25) is 0 Å². The predicted octanol–water partition coefficient (Wildman–Crippen LogP) is 5.49. The molecule has 0 bridgehead atoms. The molecule has 12 heteroatoms. The molecule has 0 aliphatic rings. The van der Waals surface area contributed by atoms with Crippen molar-refractivity contribution in [3.63, 3.8) is 0 Å². The molecule has 0 fully saturated rings. The van der Waals surface area contributed by atoms with Crippen molar-refractivity contribution in [1.29, 1.82) is 0 Å². The van der Waals surface area contributed by atoms with Gasteiger partial charge in [0.15, 0.2) is 0 Å². The van der Waals surface area contributed by atoms with Crippen LogP contribution in [0.4, 0.5) is 14.9 Å². The van der Waals surface area contributed by atoms with Crippen LogP contribution in [0.1, 0.15) is 38.0 Å². The second kappa shape index (κ2) is 13.0. The topological polar surface area (TPSA) is 129 Å². The molecule has 1 atom stereocenters. The highest BCUT2D eigenvalue weighted by atomic mass is 19.1. The lowest BCUT2D eigenvalue weighted by molar-refractivity contribution is -0.387. The number of carbonyl (C=O) groups is 1. The number of nitrogens with zero attached hydrogens (tertiary/aromatic N) is 4. The molecule has 4 aromatic rings. The predicted molar refractivity (Wildman–Crippen MR) is 153 cm³/mol. The zero-order valence-electron chi connectivity index (χ0n) is 23.8. The molecular weight excluding hydrogens is 547 g/mol. The third-order valence-electron chi connectivity index (χ3n) is 6.29. The molecular formula is C30H33FN4O7. The summed E-state index contributed by atoms with van der Waals surface area (Å²) in [4.78, 5) is 25.1. The van der Waals surface area contributed by atoms with Gasteiger partial charge in [0.05, 0.1) is 29.0 Å². The maximum absolute atomic E-state index is 13.8. The maximum atomic E-state index is 13.8. The highest BCUT2D eigenvalue weighted by Gasteiger charge is 2.23. The minimum Gasteiger partial charge on any atom is -0.492 e. The Kier molecular flexibility index (Phi) is 9.38. The molecule has 0 radical (unpaired) electrons. The van der Waals surface area contributed by atoms with Crippen LogP contribution in [0, 0.1) is 15.9 Å². The van der Waals surface area contributed by atoms with Crippen LogP contribution in [-0.4, -0.2) is 63.2 Å². The summed E-state index contributed by atoms with van der Waals surface area (Å²) in [5.41, 5.74) is 0.263. The van der Waals surface area contributed by atoms with Crippen molar-refractivity contribution in [2.45, 2.75) is 39.0 Å². The largest absolute Gasteiger partial charge is 0.492 e. The van der Waals surface area contributed by atoms with Gasteiger partial charge in [-0.1, -0.05) is 36.4 Å². The van der Waals surface area contributed by atoms with Crippen molar-refractivity contribution < 1.29 is 33.4 Å². The molecule has 0 saturated heterocycles. The van der Waals surface area contributed by atoms with Gasteiger partial charge in [-0.3, -0.25) is 15.0 Å². The van der Waals surface area contributed by atoms with E-state index in [1.54, 1.807) is 39.0 Å². The highest BCUT2D eigenvalue weighted by molar-refractivity contribution is 5.92. The maximum Gasteiger partial charge on any atom is 0.435 e. The fourth-order valence-corrected chi connectivity index (χ4v) is 4.35. The van der Waals surface area contributed by atoms with Crippen molar-refractivity contribution in [1.82, 2.24) is 14.7 Å². The van der Waals surface area contributed by atoms with E-state index < -0.39 is 34.2 Å². The van der Waals surface area contributed by atoms with Gasteiger partial charge in [-0.05, 0) is 50.1 Å². The number of carbonyl (C=O) groups excluding carboxylic acids is 1. The fourth-order valence-electron chi connectivity index (χ4n) is 4.35. The molecule has 1 unspecified atom stereocenters. The first-order valence-electron chi connectivity index (χ1n) is 13.3. The molecule has 0 aliphatic carbocycles. The molecule has 1 N–H and O–H groups in total. The normalized spacial score (nSPS) is 12.4. The Morgan fingerprint density at radius 2 is 1.88 bits per heavy atom. The first kappa shape index (κ1) is 30.4. The van der Waals surface area contributed by atoms with E-state index in [1.807, 2.05) is 35.2 Å². The molecule has 3 aromatic carbocycles. The lowest BCUT2D eigenvalue weighted by atomic mass is 10.1. The van der Waals surface area contributed by atoms with Gasteiger partial charge in [-0.15, -0.1) is 5.10 Å². The van der Waals surface area contributed by atoms with Crippen molar-refractivity contribution in [3.05, 3.63) is 93.8 Å². The minimum atomic E-state index is -1.11. The van der Waals surface area contributed by atoms with E-state index >= 15 is 0 Å². The summed E-state index contributed by atoms with van der Waals surface area (Å²) in [6.07, 6.45) is -1.77. The number of aliphatic hydroxyl groups is 1. The van der Waals surface area contributed by atoms with Gasteiger partial charge in [0.25, 0.3) is 0 Å². The first-order valence-corrected chi connectivity index (χ1v) is 13.3. The Hall–Kier alpha value is -4.55. The Morgan fingerprint density at radius 1 is 1.14 bits per heavy atom. The number of aliphatic hydroxyl groups excluding tert-OH is 1. The summed E-state index contributed by atoms with van der Waals surface area (Å²) >= 11 is 0. The zero-order chi connectivity index (χ0) is 30.4. The van der Waals surface area contributed by atoms with Gasteiger partial charge >= 0.3 is 11.8 Å². The molecule has 42 heavy (non-hydrogen) atoms. The van der Waals surface area contributed by atoms with Gasteiger partial charge in [0.2, 0.25) is 11.7 Å². The SMILES string of the molecule is COc1nn(C(=O)OC(C)(C)C)c2cc(OCCN(Cc3ccccc3)CC(O)c3ccc(F)c([N+](=O)[O-])c3)ccc12. The summed E-state index contributed by atoms with van der Waals surface area (Å²) < 4.78 is 31.8. The van der Waals surface area contributed by atoms with E-state index in [0.29, 0.717) is 29.7 Å². The van der Waals surface area contributed by atoms with E-state index in [1.165, 1.54) is 13.2 Å². The van der Waals surface area contributed by atoms with Gasteiger partial charge in [0, 0.05) is 31.8 Å². The van der Waals surface area contributed by atoms with Crippen molar-refractivity contribution in [2.75, 3.05) is 26.8 Å². The van der Waals surface area contributed by atoms with Crippen LogP contribution in [0.3, 0.4) is 0 Å². The molecule has 0 amide bonds. The number of rotatable bonds is 11. The molecule has 1 heterocycles. The standard InChI is InChI=1S/C30H33FN4O7/c1-30(2,3)42-29(37)34-25-17-22(11-12-23(25)28(32-34)40-4)41-15-14-33(18-20-8-6-5-7-9-20)19-27(36)21-10-13-24(31)26(16-21)35(38)39/h5-13,16-17,27,36H,14-15,18-19H2,1-4H3. The van der Waals surface area contributed by atoms with Crippen LogP contribution < -0.4 is 9.47 Å². The monoisotopic (exact) mass is 580 g/mol. The summed E-state index contributed by atoms with van der Waals surface area (Å²) in [5, 5.41) is 26.9. The van der Waals surface area contributed by atoms with Crippen LogP contribution in [0.25, 0.3) is 10.9 Å². The second-order valence-electron chi connectivity index (χ2n) is 10.6. The van der Waals surface area contributed by atoms with E-state index in [4.69, 9.17) is 14.2 Å². The van der Waals surface area contributed by atoms with Crippen molar-refractivity contribution >= 4 is 22.7 Å². The number of hydrogen-bond acceptors (Lipinski definition) is 9. The van der Waals surface area contributed by atoms with E-state index in [9.17, 15) is 24.4 Å². The number of halogens is 1. The average Bonchev–Trinajstić information content (AvgIpc) is 3.31. The molecule has 11 nitrogen and oxygen atoms in total. The summed E-state index contributed by atoms with van der Waals surface area (Å²) in [7, 11) is 1.46. The Bertz CT molecular complexity index is 1550. The Balaban J connectivity index is 1.50. The molecule has 0 saturated carbocycles. The van der Waals surface area contributed by atoms with Crippen LogP contribution in [0.15, 0.2) is 66.7 Å². The number of nitro benzene ring substituents is 1. The summed E-state index contributed by atoms with van der Waals surface area (Å²) in [6.45, 7) is 6.45. The quantitative estimate of drug-likeness (QED) is 0.181. The lowest BCUT2D eigenvalue weighted by Crippen LogP contribution is -2.32.